The Labute approximate surface area is 191 Å². The number of amides is 1. The third-order valence-electron chi connectivity index (χ3n) is 5.52. The third kappa shape index (κ3) is 5.54. The Kier molecular flexibility index (Phi) is 7.04. The number of hydrogen-bond donors (Lipinski definition) is 1. The van der Waals surface area contributed by atoms with E-state index in [1.165, 1.54) is 11.5 Å². The van der Waals surface area contributed by atoms with Crippen LogP contribution in [0.15, 0.2) is 48.5 Å². The van der Waals surface area contributed by atoms with E-state index in [0.717, 1.165) is 47.5 Å². The van der Waals surface area contributed by atoms with Crippen LogP contribution in [0.25, 0.3) is 0 Å². The van der Waals surface area contributed by atoms with Crippen LogP contribution in [0.2, 0.25) is 5.02 Å². The number of halogens is 1. The molecule has 0 unspecified atom stereocenters. The molecule has 0 bridgehead atoms. The maximum Gasteiger partial charge on any atom is 0.255 e. The van der Waals surface area contributed by atoms with E-state index in [0.29, 0.717) is 30.2 Å². The first kappa shape index (κ1) is 21.6. The number of nitrogens with one attached hydrogen (secondary N) is 1. The van der Waals surface area contributed by atoms with Gasteiger partial charge in [-0.2, -0.15) is 4.37 Å². The van der Waals surface area contributed by atoms with Crippen LogP contribution in [0.1, 0.15) is 34.6 Å². The molecule has 0 spiro atoms. The van der Waals surface area contributed by atoms with Crippen LogP contribution in [0, 0.1) is 5.92 Å². The first-order valence-corrected chi connectivity index (χ1v) is 11.5. The minimum absolute atomic E-state index is 0.0872. The number of anilines is 1. The first-order chi connectivity index (χ1) is 15.1. The Morgan fingerprint density at radius 2 is 1.94 bits per heavy atom. The highest BCUT2D eigenvalue weighted by atomic mass is 35.5. The molecular formula is C23H25ClN4O2S. The molecule has 1 aromatic heterocycles. The van der Waals surface area contributed by atoms with Gasteiger partial charge in [0.2, 0.25) is 5.13 Å². The molecule has 1 aliphatic heterocycles. The SMILES string of the molecule is COc1ccccc1C(=O)NCC1CCN(c2nc(Cc3ccc(Cl)cc3)ns2)CC1. The summed E-state index contributed by atoms with van der Waals surface area (Å²) in [4.78, 5) is 19.5. The number of rotatable bonds is 7. The van der Waals surface area contributed by atoms with Gasteiger partial charge < -0.3 is 15.0 Å². The molecule has 1 aliphatic rings. The number of para-hydroxylation sites is 1. The van der Waals surface area contributed by atoms with Crippen molar-refractivity contribution >= 4 is 34.2 Å². The number of piperidine rings is 1. The molecular weight excluding hydrogens is 432 g/mol. The second kappa shape index (κ2) is 10.1. The standard InChI is InChI=1S/C23H25ClN4O2S/c1-30-20-5-3-2-4-19(20)22(29)25-15-17-10-12-28(13-11-17)23-26-21(27-31-23)14-16-6-8-18(24)9-7-16/h2-9,17H,10-15H2,1H3,(H,25,29). The summed E-state index contributed by atoms with van der Waals surface area (Å²) in [7, 11) is 1.58. The van der Waals surface area contributed by atoms with E-state index in [2.05, 4.69) is 14.6 Å². The summed E-state index contributed by atoms with van der Waals surface area (Å²) in [6, 6.07) is 15.1. The minimum atomic E-state index is -0.0872. The van der Waals surface area contributed by atoms with Crippen LogP contribution in [0.5, 0.6) is 5.75 Å². The fourth-order valence-electron chi connectivity index (χ4n) is 3.72. The normalized spacial score (nSPS) is 14.5. The molecule has 4 rings (SSSR count). The number of nitrogens with zero attached hydrogens (tertiary/aromatic N) is 3. The van der Waals surface area contributed by atoms with Gasteiger partial charge in [0.25, 0.3) is 5.91 Å². The zero-order chi connectivity index (χ0) is 21.6. The van der Waals surface area contributed by atoms with Crippen molar-refractivity contribution in [1.29, 1.82) is 0 Å². The lowest BCUT2D eigenvalue weighted by atomic mass is 9.97. The molecule has 0 atom stereocenters. The van der Waals surface area contributed by atoms with E-state index in [-0.39, 0.29) is 5.91 Å². The van der Waals surface area contributed by atoms with E-state index in [1.54, 1.807) is 19.2 Å². The van der Waals surface area contributed by atoms with Crippen molar-refractivity contribution in [2.45, 2.75) is 19.3 Å². The molecule has 0 radical (unpaired) electrons. The summed E-state index contributed by atoms with van der Waals surface area (Å²) in [6.45, 7) is 2.51. The summed E-state index contributed by atoms with van der Waals surface area (Å²) in [6.07, 6.45) is 2.73. The lowest BCUT2D eigenvalue weighted by Gasteiger charge is -2.31. The Hall–Kier alpha value is -2.64. The number of carbonyl (C=O) groups excluding carboxylic acids is 1. The van der Waals surface area contributed by atoms with Crippen molar-refractivity contribution in [3.05, 3.63) is 70.5 Å². The molecule has 2 heterocycles. The van der Waals surface area contributed by atoms with Gasteiger partial charge >= 0.3 is 0 Å². The zero-order valence-electron chi connectivity index (χ0n) is 17.4. The molecule has 2 aromatic carbocycles. The molecule has 1 amide bonds. The lowest BCUT2D eigenvalue weighted by molar-refractivity contribution is 0.0942. The van der Waals surface area contributed by atoms with Gasteiger partial charge in [-0.05, 0) is 48.6 Å². The van der Waals surface area contributed by atoms with Crippen molar-refractivity contribution in [2.24, 2.45) is 5.92 Å². The summed E-state index contributed by atoms with van der Waals surface area (Å²) in [5, 5.41) is 4.77. The molecule has 1 N–H and O–H groups in total. The lowest BCUT2D eigenvalue weighted by Crippen LogP contribution is -2.38. The van der Waals surface area contributed by atoms with Crippen molar-refractivity contribution < 1.29 is 9.53 Å². The maximum atomic E-state index is 12.5. The molecule has 0 aliphatic carbocycles. The molecule has 1 saturated heterocycles. The van der Waals surface area contributed by atoms with E-state index in [1.807, 2.05) is 36.4 Å². The molecule has 6 nitrogen and oxygen atoms in total. The second-order valence-electron chi connectivity index (χ2n) is 7.64. The van der Waals surface area contributed by atoms with Crippen molar-refractivity contribution in [3.63, 3.8) is 0 Å². The average Bonchev–Trinajstić information content (AvgIpc) is 3.27. The number of ether oxygens (including phenoxy) is 1. The minimum Gasteiger partial charge on any atom is -0.496 e. The number of aromatic nitrogens is 2. The van der Waals surface area contributed by atoms with Gasteiger partial charge in [0.15, 0.2) is 0 Å². The monoisotopic (exact) mass is 456 g/mol. The maximum absolute atomic E-state index is 12.5. The van der Waals surface area contributed by atoms with E-state index >= 15 is 0 Å². The smallest absolute Gasteiger partial charge is 0.255 e. The van der Waals surface area contributed by atoms with Gasteiger partial charge in [-0.25, -0.2) is 4.98 Å². The van der Waals surface area contributed by atoms with E-state index < -0.39 is 0 Å². The fourth-order valence-corrected chi connectivity index (χ4v) is 4.59. The fraction of sp³-hybridized carbons (Fsp3) is 0.348. The Morgan fingerprint density at radius 3 is 2.68 bits per heavy atom. The van der Waals surface area contributed by atoms with Crippen molar-refractivity contribution in [2.75, 3.05) is 31.6 Å². The van der Waals surface area contributed by atoms with E-state index in [9.17, 15) is 4.79 Å². The molecule has 0 saturated carbocycles. The van der Waals surface area contributed by atoms with Gasteiger partial charge in [0.05, 0.1) is 12.7 Å². The first-order valence-electron chi connectivity index (χ1n) is 10.4. The Morgan fingerprint density at radius 1 is 1.19 bits per heavy atom. The molecule has 1 fully saturated rings. The van der Waals surface area contributed by atoms with E-state index in [4.69, 9.17) is 21.3 Å². The molecule has 3 aromatic rings. The molecule has 31 heavy (non-hydrogen) atoms. The van der Waals surface area contributed by atoms with Crippen molar-refractivity contribution in [1.82, 2.24) is 14.7 Å². The van der Waals surface area contributed by atoms with Crippen LogP contribution < -0.4 is 15.0 Å². The Balaban J connectivity index is 1.26. The average molecular weight is 457 g/mol. The predicted octanol–water partition coefficient (Wildman–Crippen LogP) is 4.44. The molecule has 8 heteroatoms. The van der Waals surface area contributed by atoms with Gasteiger partial charge in [-0.1, -0.05) is 35.9 Å². The number of benzene rings is 2. The van der Waals surface area contributed by atoms with Crippen LogP contribution in [-0.4, -0.2) is 42.0 Å². The highest BCUT2D eigenvalue weighted by Gasteiger charge is 2.23. The summed E-state index contributed by atoms with van der Waals surface area (Å²) < 4.78 is 9.81. The highest BCUT2D eigenvalue weighted by molar-refractivity contribution is 7.09. The second-order valence-corrected chi connectivity index (χ2v) is 8.80. The highest BCUT2D eigenvalue weighted by Crippen LogP contribution is 2.25. The topological polar surface area (TPSA) is 67.3 Å². The van der Waals surface area contributed by atoms with Crippen LogP contribution in [0.4, 0.5) is 5.13 Å². The summed E-state index contributed by atoms with van der Waals surface area (Å²) in [5.41, 5.74) is 1.72. The summed E-state index contributed by atoms with van der Waals surface area (Å²) >= 11 is 7.41. The van der Waals surface area contributed by atoms with Gasteiger partial charge in [-0.15, -0.1) is 0 Å². The van der Waals surface area contributed by atoms with Gasteiger partial charge in [0, 0.05) is 42.6 Å². The predicted molar refractivity (Wildman–Crippen MR) is 124 cm³/mol. The zero-order valence-corrected chi connectivity index (χ0v) is 19.0. The van der Waals surface area contributed by atoms with Gasteiger partial charge in [0.1, 0.15) is 11.6 Å². The largest absolute Gasteiger partial charge is 0.496 e. The van der Waals surface area contributed by atoms with Crippen LogP contribution >= 0.6 is 23.1 Å². The van der Waals surface area contributed by atoms with Crippen molar-refractivity contribution in [3.8, 4) is 5.75 Å². The number of hydrogen-bond acceptors (Lipinski definition) is 6. The molecule has 162 valence electrons. The quantitative estimate of drug-likeness (QED) is 0.569. The third-order valence-corrected chi connectivity index (χ3v) is 6.59. The van der Waals surface area contributed by atoms with Crippen LogP contribution in [0.3, 0.4) is 0 Å². The summed E-state index contributed by atoms with van der Waals surface area (Å²) in [5.74, 6) is 1.81. The van der Waals surface area contributed by atoms with Crippen LogP contribution in [-0.2, 0) is 6.42 Å². The number of methoxy groups -OCH3 is 1. The Bertz CT molecular complexity index is 1020. The van der Waals surface area contributed by atoms with Gasteiger partial charge in [-0.3, -0.25) is 4.79 Å². The number of carbonyl (C=O) groups is 1.